The number of esters is 2. The predicted molar refractivity (Wildman–Crippen MR) is 69.5 cm³/mol. The summed E-state index contributed by atoms with van der Waals surface area (Å²) < 4.78 is 15.6. The van der Waals surface area contributed by atoms with Gasteiger partial charge in [-0.25, -0.2) is 0 Å². The number of unbranched alkanes of at least 4 members (excludes halogenated alkanes) is 1. The number of hydrogen-bond acceptors (Lipinski definition) is 5. The zero-order chi connectivity index (χ0) is 14.3. The topological polar surface area (TPSA) is 61.8 Å². The Hall–Kier alpha value is -2.04. The summed E-state index contributed by atoms with van der Waals surface area (Å²) in [5, 5.41) is 0. The lowest BCUT2D eigenvalue weighted by Gasteiger charge is -2.13. The molecule has 0 N–H and O–H groups in total. The molecule has 0 aromatic heterocycles. The van der Waals surface area contributed by atoms with E-state index >= 15 is 0 Å². The summed E-state index contributed by atoms with van der Waals surface area (Å²) in [6, 6.07) is 4.89. The lowest BCUT2D eigenvalue weighted by Crippen LogP contribution is -2.09. The van der Waals surface area contributed by atoms with E-state index < -0.39 is 11.9 Å². The summed E-state index contributed by atoms with van der Waals surface area (Å²) >= 11 is 0. The molecule has 5 nitrogen and oxygen atoms in total. The Balaban J connectivity index is 2.99. The molecule has 0 unspecified atom stereocenters. The summed E-state index contributed by atoms with van der Waals surface area (Å²) in [5.74, 6) is -0.278. The Labute approximate surface area is 112 Å². The Morgan fingerprint density at radius 2 is 1.68 bits per heavy atom. The van der Waals surface area contributed by atoms with Gasteiger partial charge in [0.15, 0.2) is 11.5 Å². The first-order valence-electron chi connectivity index (χ1n) is 6.17. The lowest BCUT2D eigenvalue weighted by atomic mass is 10.3. The first kappa shape index (κ1) is 15.0. The molecule has 0 saturated carbocycles. The summed E-state index contributed by atoms with van der Waals surface area (Å²) in [4.78, 5) is 22.1. The van der Waals surface area contributed by atoms with Crippen molar-refractivity contribution < 1.29 is 23.8 Å². The Kier molecular flexibility index (Phi) is 5.85. The number of rotatable bonds is 6. The van der Waals surface area contributed by atoms with Crippen molar-refractivity contribution in [2.75, 3.05) is 6.61 Å². The molecule has 0 aliphatic carbocycles. The molecule has 1 aromatic rings. The van der Waals surface area contributed by atoms with E-state index in [-0.39, 0.29) is 11.5 Å². The van der Waals surface area contributed by atoms with Crippen molar-refractivity contribution in [3.63, 3.8) is 0 Å². The Morgan fingerprint density at radius 3 is 2.26 bits per heavy atom. The second-order valence-electron chi connectivity index (χ2n) is 3.97. The highest BCUT2D eigenvalue weighted by Crippen LogP contribution is 2.37. The number of hydrogen-bond donors (Lipinski definition) is 0. The van der Waals surface area contributed by atoms with Crippen LogP contribution in [0.1, 0.15) is 33.6 Å². The highest BCUT2D eigenvalue weighted by atomic mass is 16.6. The van der Waals surface area contributed by atoms with Gasteiger partial charge in [-0.2, -0.15) is 0 Å². The van der Waals surface area contributed by atoms with Crippen LogP contribution < -0.4 is 14.2 Å². The molecular weight excluding hydrogens is 248 g/mol. The van der Waals surface area contributed by atoms with Gasteiger partial charge in [-0.05, 0) is 18.6 Å². The average molecular weight is 266 g/mol. The van der Waals surface area contributed by atoms with Crippen molar-refractivity contribution >= 4 is 11.9 Å². The van der Waals surface area contributed by atoms with Crippen LogP contribution in [0, 0.1) is 0 Å². The van der Waals surface area contributed by atoms with E-state index in [4.69, 9.17) is 14.2 Å². The van der Waals surface area contributed by atoms with Crippen LogP contribution in [0.25, 0.3) is 0 Å². The second-order valence-corrected chi connectivity index (χ2v) is 3.97. The number of ether oxygens (including phenoxy) is 3. The predicted octanol–water partition coefficient (Wildman–Crippen LogP) is 2.72. The molecular formula is C14H18O5. The maximum atomic E-state index is 11.1. The molecule has 0 radical (unpaired) electrons. The molecule has 0 fully saturated rings. The van der Waals surface area contributed by atoms with Gasteiger partial charge in [-0.3, -0.25) is 9.59 Å². The number of para-hydroxylation sites is 1. The first-order chi connectivity index (χ1) is 9.04. The molecule has 19 heavy (non-hydrogen) atoms. The molecule has 0 aliphatic rings. The van der Waals surface area contributed by atoms with Crippen molar-refractivity contribution in [1.29, 1.82) is 0 Å². The van der Waals surface area contributed by atoms with Crippen molar-refractivity contribution in [3.8, 4) is 17.2 Å². The maximum Gasteiger partial charge on any atom is 0.308 e. The van der Waals surface area contributed by atoms with E-state index in [0.29, 0.717) is 12.4 Å². The van der Waals surface area contributed by atoms with Crippen molar-refractivity contribution in [3.05, 3.63) is 18.2 Å². The molecule has 0 saturated heterocycles. The summed E-state index contributed by atoms with van der Waals surface area (Å²) in [6.45, 7) is 5.11. The van der Waals surface area contributed by atoms with Gasteiger partial charge in [-0.1, -0.05) is 19.4 Å². The van der Waals surface area contributed by atoms with Crippen molar-refractivity contribution in [1.82, 2.24) is 0 Å². The molecule has 1 aromatic carbocycles. The molecule has 1 rings (SSSR count). The smallest absolute Gasteiger partial charge is 0.308 e. The van der Waals surface area contributed by atoms with Crippen LogP contribution in [-0.2, 0) is 9.59 Å². The monoisotopic (exact) mass is 266 g/mol. The van der Waals surface area contributed by atoms with Crippen LogP contribution in [0.15, 0.2) is 18.2 Å². The highest BCUT2D eigenvalue weighted by molar-refractivity contribution is 5.75. The van der Waals surface area contributed by atoms with E-state index in [1.165, 1.54) is 13.8 Å². The summed E-state index contributed by atoms with van der Waals surface area (Å²) in [6.07, 6.45) is 1.88. The van der Waals surface area contributed by atoms with Crippen molar-refractivity contribution in [2.45, 2.75) is 33.6 Å². The minimum Gasteiger partial charge on any atom is -0.490 e. The second kappa shape index (κ2) is 7.41. The zero-order valence-electron chi connectivity index (χ0n) is 11.4. The Morgan fingerprint density at radius 1 is 1.05 bits per heavy atom. The van der Waals surface area contributed by atoms with Crippen LogP contribution >= 0.6 is 0 Å². The van der Waals surface area contributed by atoms with Gasteiger partial charge in [-0.15, -0.1) is 0 Å². The van der Waals surface area contributed by atoms with Gasteiger partial charge >= 0.3 is 11.9 Å². The normalized spacial score (nSPS) is 9.84. The lowest BCUT2D eigenvalue weighted by molar-refractivity contribution is -0.134. The maximum absolute atomic E-state index is 11.1. The quantitative estimate of drug-likeness (QED) is 0.450. The van der Waals surface area contributed by atoms with Crippen LogP contribution in [0.3, 0.4) is 0 Å². The average Bonchev–Trinajstić information content (AvgIpc) is 2.32. The van der Waals surface area contributed by atoms with E-state index in [2.05, 4.69) is 0 Å². The van der Waals surface area contributed by atoms with Gasteiger partial charge in [0.25, 0.3) is 0 Å². The van der Waals surface area contributed by atoms with Gasteiger partial charge < -0.3 is 14.2 Å². The standard InChI is InChI=1S/C14H18O5/c1-4-5-9-17-12-7-6-8-13(18-10(2)15)14(12)19-11(3)16/h6-8H,4-5,9H2,1-3H3. The van der Waals surface area contributed by atoms with E-state index in [9.17, 15) is 9.59 Å². The van der Waals surface area contributed by atoms with Crippen LogP contribution in [0.4, 0.5) is 0 Å². The third-order valence-electron chi connectivity index (χ3n) is 2.20. The summed E-state index contributed by atoms with van der Waals surface area (Å²) in [5.41, 5.74) is 0. The third-order valence-corrected chi connectivity index (χ3v) is 2.20. The molecule has 0 bridgehead atoms. The highest BCUT2D eigenvalue weighted by Gasteiger charge is 2.16. The molecule has 0 heterocycles. The van der Waals surface area contributed by atoms with Crippen LogP contribution in [-0.4, -0.2) is 18.5 Å². The van der Waals surface area contributed by atoms with Crippen molar-refractivity contribution in [2.24, 2.45) is 0 Å². The largest absolute Gasteiger partial charge is 0.490 e. The van der Waals surface area contributed by atoms with E-state index in [1.54, 1.807) is 18.2 Å². The minimum absolute atomic E-state index is 0.140. The first-order valence-corrected chi connectivity index (χ1v) is 6.17. The fourth-order valence-electron chi connectivity index (χ4n) is 1.42. The van der Waals surface area contributed by atoms with Gasteiger partial charge in [0.05, 0.1) is 6.61 Å². The number of carbonyl (C=O) groups excluding carboxylic acids is 2. The number of carbonyl (C=O) groups is 2. The minimum atomic E-state index is -0.500. The van der Waals surface area contributed by atoms with E-state index in [0.717, 1.165) is 12.8 Å². The SMILES string of the molecule is CCCCOc1cccc(OC(C)=O)c1OC(C)=O. The molecule has 0 aliphatic heterocycles. The van der Waals surface area contributed by atoms with E-state index in [1.807, 2.05) is 6.92 Å². The fraction of sp³-hybridized carbons (Fsp3) is 0.429. The Bertz CT molecular complexity index is 453. The van der Waals surface area contributed by atoms with Gasteiger partial charge in [0.1, 0.15) is 0 Å². The molecule has 0 atom stereocenters. The molecule has 104 valence electrons. The van der Waals surface area contributed by atoms with Gasteiger partial charge in [0.2, 0.25) is 5.75 Å². The molecule has 0 amide bonds. The third kappa shape index (κ3) is 4.99. The molecule has 0 spiro atoms. The van der Waals surface area contributed by atoms with Crippen LogP contribution in [0.2, 0.25) is 0 Å². The number of benzene rings is 1. The fourth-order valence-corrected chi connectivity index (χ4v) is 1.42. The molecule has 5 heteroatoms. The van der Waals surface area contributed by atoms with Crippen LogP contribution in [0.5, 0.6) is 17.2 Å². The zero-order valence-corrected chi connectivity index (χ0v) is 11.4. The summed E-state index contributed by atoms with van der Waals surface area (Å²) in [7, 11) is 0. The van der Waals surface area contributed by atoms with Gasteiger partial charge in [0, 0.05) is 13.8 Å².